The quantitative estimate of drug-likeness (QED) is 0.877. The Kier molecular flexibility index (Phi) is 4.54. The molecule has 2 aromatic rings. The third kappa shape index (κ3) is 3.56. The molecule has 0 saturated carbocycles. The highest BCUT2D eigenvalue weighted by Gasteiger charge is 2.27. The number of nitrogens with one attached hydrogen (secondary N) is 1. The van der Waals surface area contributed by atoms with E-state index in [1.54, 1.807) is 25.1 Å². The van der Waals surface area contributed by atoms with Crippen molar-refractivity contribution < 1.29 is 4.79 Å². The van der Waals surface area contributed by atoms with Crippen molar-refractivity contribution in [2.75, 3.05) is 5.32 Å². The number of anilines is 1. The normalized spacial score (nSPS) is 13.7. The van der Waals surface area contributed by atoms with Crippen molar-refractivity contribution in [3.05, 3.63) is 29.5 Å². The van der Waals surface area contributed by atoms with Gasteiger partial charge in [-0.25, -0.2) is 4.68 Å². The van der Waals surface area contributed by atoms with Gasteiger partial charge >= 0.3 is 0 Å². The summed E-state index contributed by atoms with van der Waals surface area (Å²) < 4.78 is 1.47. The molecule has 0 radical (unpaired) electrons. The van der Waals surface area contributed by atoms with E-state index in [1.807, 2.05) is 6.92 Å². The number of benzene rings is 1. The Labute approximate surface area is 127 Å². The molecule has 21 heavy (non-hydrogen) atoms. The number of tetrazole rings is 1. The third-order valence-electron chi connectivity index (χ3n) is 3.10. The molecular weight excluding hydrogens is 292 g/mol. The third-order valence-corrected chi connectivity index (χ3v) is 3.43. The zero-order valence-corrected chi connectivity index (χ0v) is 12.6. The van der Waals surface area contributed by atoms with Crippen LogP contribution in [0, 0.1) is 0 Å². The van der Waals surface area contributed by atoms with Crippen LogP contribution >= 0.6 is 11.6 Å². The van der Waals surface area contributed by atoms with Crippen molar-refractivity contribution in [1.29, 1.82) is 0 Å². The number of rotatable bonds is 5. The molecule has 1 heterocycles. The summed E-state index contributed by atoms with van der Waals surface area (Å²) in [7, 11) is 0. The number of carbonyl (C=O) groups is 1. The highest BCUT2D eigenvalue weighted by atomic mass is 35.5. The first-order valence-corrected chi connectivity index (χ1v) is 6.95. The maximum Gasteiger partial charge on any atom is 0.244 e. The molecule has 1 aromatic heterocycles. The Balaban J connectivity index is 2.24. The summed E-state index contributed by atoms with van der Waals surface area (Å²) in [4.78, 5) is 12.2. The Morgan fingerprint density at radius 3 is 2.90 bits per heavy atom. The number of nitrogens with two attached hydrogens (primary N) is 1. The van der Waals surface area contributed by atoms with Gasteiger partial charge in [-0.1, -0.05) is 24.9 Å². The molecule has 1 atom stereocenters. The largest absolute Gasteiger partial charge is 0.323 e. The maximum atomic E-state index is 12.2. The minimum absolute atomic E-state index is 0.278. The molecule has 2 rings (SSSR count). The first-order valence-electron chi connectivity index (χ1n) is 6.57. The van der Waals surface area contributed by atoms with Crippen molar-refractivity contribution in [3.63, 3.8) is 0 Å². The molecule has 1 amide bonds. The molecule has 1 unspecified atom stereocenters. The summed E-state index contributed by atoms with van der Waals surface area (Å²) in [6.07, 6.45) is 2.86. The minimum Gasteiger partial charge on any atom is -0.323 e. The Morgan fingerprint density at radius 1 is 1.52 bits per heavy atom. The van der Waals surface area contributed by atoms with Gasteiger partial charge in [0.15, 0.2) is 0 Å². The molecule has 0 aliphatic rings. The monoisotopic (exact) mass is 308 g/mol. The lowest BCUT2D eigenvalue weighted by molar-refractivity contribution is -0.120. The number of hydrogen-bond acceptors (Lipinski definition) is 5. The lowest BCUT2D eigenvalue weighted by Crippen LogP contribution is -2.48. The lowest BCUT2D eigenvalue weighted by Gasteiger charge is -2.23. The van der Waals surface area contributed by atoms with Crippen molar-refractivity contribution in [3.8, 4) is 5.69 Å². The molecule has 0 bridgehead atoms. The molecule has 0 aliphatic heterocycles. The van der Waals surface area contributed by atoms with Crippen LogP contribution in [0.3, 0.4) is 0 Å². The van der Waals surface area contributed by atoms with Gasteiger partial charge in [-0.15, -0.1) is 5.10 Å². The molecule has 0 aliphatic carbocycles. The van der Waals surface area contributed by atoms with Crippen molar-refractivity contribution >= 4 is 23.2 Å². The summed E-state index contributed by atoms with van der Waals surface area (Å²) in [6.45, 7) is 3.68. The fourth-order valence-corrected chi connectivity index (χ4v) is 2.09. The highest BCUT2D eigenvalue weighted by Crippen LogP contribution is 2.25. The van der Waals surface area contributed by atoms with Crippen LogP contribution in [0.5, 0.6) is 0 Å². The number of hydrogen-bond donors (Lipinski definition) is 2. The first-order chi connectivity index (χ1) is 9.94. The Hall–Kier alpha value is -1.99. The van der Waals surface area contributed by atoms with Crippen LogP contribution in [-0.2, 0) is 4.79 Å². The van der Waals surface area contributed by atoms with Crippen molar-refractivity contribution in [1.82, 2.24) is 20.2 Å². The Bertz CT molecular complexity index is 626. The van der Waals surface area contributed by atoms with Crippen LogP contribution in [-0.4, -0.2) is 31.7 Å². The molecule has 0 fully saturated rings. The van der Waals surface area contributed by atoms with Crippen LogP contribution < -0.4 is 11.1 Å². The molecule has 7 nitrogen and oxygen atoms in total. The lowest BCUT2D eigenvalue weighted by atomic mass is 9.96. The topological polar surface area (TPSA) is 98.7 Å². The number of aromatic nitrogens is 4. The van der Waals surface area contributed by atoms with E-state index in [1.165, 1.54) is 11.0 Å². The summed E-state index contributed by atoms with van der Waals surface area (Å²) in [5, 5.41) is 14.1. The molecular formula is C13H17ClN6O. The van der Waals surface area contributed by atoms with Gasteiger partial charge in [-0.3, -0.25) is 4.79 Å². The number of carbonyl (C=O) groups excluding carboxylic acids is 1. The summed E-state index contributed by atoms with van der Waals surface area (Å²) in [6, 6.07) is 5.11. The van der Waals surface area contributed by atoms with Gasteiger partial charge in [-0.05, 0) is 42.0 Å². The predicted octanol–water partition coefficient (Wildman–Crippen LogP) is 1.77. The summed E-state index contributed by atoms with van der Waals surface area (Å²) in [5.74, 6) is -0.278. The fraction of sp³-hybridized carbons (Fsp3) is 0.385. The van der Waals surface area contributed by atoms with E-state index in [9.17, 15) is 4.79 Å². The van der Waals surface area contributed by atoms with Gasteiger partial charge in [0, 0.05) is 0 Å². The van der Waals surface area contributed by atoms with Gasteiger partial charge in [0.25, 0.3) is 0 Å². The highest BCUT2D eigenvalue weighted by molar-refractivity contribution is 6.33. The minimum atomic E-state index is -0.942. The van der Waals surface area contributed by atoms with Gasteiger partial charge in [0.1, 0.15) is 6.33 Å². The standard InChI is InChI=1S/C13H17ClN6O/c1-3-6-13(2,15)12(21)17-11-7-9(4-5-10(11)14)20-8-16-18-19-20/h4-5,7-8H,3,6,15H2,1-2H3,(H,17,21). The Morgan fingerprint density at radius 2 is 2.29 bits per heavy atom. The molecule has 3 N–H and O–H groups in total. The number of amides is 1. The first kappa shape index (κ1) is 15.4. The average molecular weight is 309 g/mol. The van der Waals surface area contributed by atoms with E-state index >= 15 is 0 Å². The summed E-state index contributed by atoms with van der Waals surface area (Å²) in [5.41, 5.74) is 6.23. The van der Waals surface area contributed by atoms with E-state index in [-0.39, 0.29) is 5.91 Å². The molecule has 0 saturated heterocycles. The molecule has 112 valence electrons. The van der Waals surface area contributed by atoms with Crippen molar-refractivity contribution in [2.45, 2.75) is 32.2 Å². The molecule has 8 heteroatoms. The van der Waals surface area contributed by atoms with Crippen LogP contribution in [0.1, 0.15) is 26.7 Å². The summed E-state index contributed by atoms with van der Waals surface area (Å²) >= 11 is 6.11. The van der Waals surface area contributed by atoms with Crippen LogP contribution in [0.15, 0.2) is 24.5 Å². The van der Waals surface area contributed by atoms with E-state index in [2.05, 4.69) is 20.8 Å². The van der Waals surface area contributed by atoms with Crippen LogP contribution in [0.4, 0.5) is 5.69 Å². The van der Waals surface area contributed by atoms with Gasteiger partial charge in [0.05, 0.1) is 21.9 Å². The number of nitrogens with zero attached hydrogens (tertiary/aromatic N) is 4. The fourth-order valence-electron chi connectivity index (χ4n) is 1.93. The molecule has 0 spiro atoms. The zero-order valence-electron chi connectivity index (χ0n) is 11.9. The molecule has 1 aromatic carbocycles. The van der Waals surface area contributed by atoms with E-state index in [0.717, 1.165) is 6.42 Å². The van der Waals surface area contributed by atoms with Crippen LogP contribution in [0.25, 0.3) is 5.69 Å². The predicted molar refractivity (Wildman–Crippen MR) is 80.3 cm³/mol. The van der Waals surface area contributed by atoms with Gasteiger partial charge < -0.3 is 11.1 Å². The van der Waals surface area contributed by atoms with E-state index in [4.69, 9.17) is 17.3 Å². The second kappa shape index (κ2) is 6.19. The SMILES string of the molecule is CCCC(C)(N)C(=O)Nc1cc(-n2cnnn2)ccc1Cl. The second-order valence-electron chi connectivity index (χ2n) is 5.04. The van der Waals surface area contributed by atoms with Gasteiger partial charge in [0.2, 0.25) is 5.91 Å². The number of halogens is 1. The van der Waals surface area contributed by atoms with Crippen molar-refractivity contribution in [2.24, 2.45) is 5.73 Å². The van der Waals surface area contributed by atoms with E-state index in [0.29, 0.717) is 22.8 Å². The van der Waals surface area contributed by atoms with E-state index < -0.39 is 5.54 Å². The maximum absolute atomic E-state index is 12.2. The van der Waals surface area contributed by atoms with Crippen LogP contribution in [0.2, 0.25) is 5.02 Å². The second-order valence-corrected chi connectivity index (χ2v) is 5.45. The van der Waals surface area contributed by atoms with Gasteiger partial charge in [-0.2, -0.15) is 0 Å². The zero-order chi connectivity index (χ0) is 15.5. The average Bonchev–Trinajstić information content (AvgIpc) is 2.95. The smallest absolute Gasteiger partial charge is 0.244 e.